The molecule has 0 heterocycles. The molecule has 3 nitrogen and oxygen atoms in total. The predicted octanol–water partition coefficient (Wildman–Crippen LogP) is 4.86. The summed E-state index contributed by atoms with van der Waals surface area (Å²) < 4.78 is 27.9. The van der Waals surface area contributed by atoms with Gasteiger partial charge in [-0.05, 0) is 35.6 Å². The summed E-state index contributed by atoms with van der Waals surface area (Å²) >= 11 is 6.02. The summed E-state index contributed by atoms with van der Waals surface area (Å²) in [6.07, 6.45) is 0.887. The van der Waals surface area contributed by atoms with Gasteiger partial charge in [0.25, 0.3) is 10.0 Å². The Balaban J connectivity index is 2.10. The van der Waals surface area contributed by atoms with Gasteiger partial charge in [-0.3, -0.25) is 4.72 Å². The van der Waals surface area contributed by atoms with E-state index in [2.05, 4.69) is 17.7 Å². The summed E-state index contributed by atoms with van der Waals surface area (Å²) in [5.41, 5.74) is 1.74. The van der Waals surface area contributed by atoms with Crippen LogP contribution >= 0.6 is 11.6 Å². The predicted molar refractivity (Wildman–Crippen MR) is 95.6 cm³/mol. The molecule has 0 fully saturated rings. The molecule has 5 heteroatoms. The molecule has 1 N–H and O–H groups in total. The molecule has 0 unspecified atom stereocenters. The Labute approximate surface area is 141 Å². The molecule has 0 radical (unpaired) electrons. The van der Waals surface area contributed by atoms with Crippen LogP contribution in [0.15, 0.2) is 65.6 Å². The van der Waals surface area contributed by atoms with Crippen LogP contribution in [-0.2, 0) is 16.4 Å². The molecule has 0 aliphatic carbocycles. The van der Waals surface area contributed by atoms with E-state index >= 15 is 0 Å². The van der Waals surface area contributed by atoms with E-state index in [1.54, 1.807) is 24.3 Å². The summed E-state index contributed by atoms with van der Waals surface area (Å²) in [4.78, 5) is 0.0744. The van der Waals surface area contributed by atoms with Crippen LogP contribution in [-0.4, -0.2) is 8.42 Å². The number of hydrogen-bond acceptors (Lipinski definition) is 2. The van der Waals surface area contributed by atoms with E-state index in [1.807, 2.05) is 24.3 Å². The van der Waals surface area contributed by atoms with E-state index in [9.17, 15) is 8.42 Å². The fraction of sp³-hybridized carbons (Fsp3) is 0.111. The molecule has 0 aromatic heterocycles. The first kappa shape index (κ1) is 15.8. The molecular weight excluding hydrogens is 330 g/mol. The van der Waals surface area contributed by atoms with Crippen molar-refractivity contribution in [2.24, 2.45) is 0 Å². The molecule has 118 valence electrons. The van der Waals surface area contributed by atoms with Crippen LogP contribution in [0.5, 0.6) is 0 Å². The van der Waals surface area contributed by atoms with Crippen molar-refractivity contribution in [3.63, 3.8) is 0 Å². The van der Waals surface area contributed by atoms with E-state index in [1.165, 1.54) is 11.6 Å². The second-order valence-electron chi connectivity index (χ2n) is 5.21. The van der Waals surface area contributed by atoms with Crippen LogP contribution in [0, 0.1) is 0 Å². The number of benzene rings is 3. The topological polar surface area (TPSA) is 46.2 Å². The third kappa shape index (κ3) is 3.05. The summed E-state index contributed by atoms with van der Waals surface area (Å²) in [7, 11) is -3.74. The molecule has 23 heavy (non-hydrogen) atoms. The zero-order chi connectivity index (χ0) is 16.4. The molecule has 3 rings (SSSR count). The highest BCUT2D eigenvalue weighted by molar-refractivity contribution is 7.92. The number of rotatable bonds is 4. The van der Waals surface area contributed by atoms with Gasteiger partial charge in [-0.15, -0.1) is 0 Å². The number of sulfonamides is 1. The Morgan fingerprint density at radius 1 is 0.913 bits per heavy atom. The number of hydrogen-bond donors (Lipinski definition) is 1. The molecule has 0 aliphatic heterocycles. The lowest BCUT2D eigenvalue weighted by atomic mass is 10.0. The fourth-order valence-electron chi connectivity index (χ4n) is 2.63. The number of aryl methyl sites for hydroxylation is 1. The molecule has 0 aliphatic rings. The minimum absolute atomic E-state index is 0.0744. The largest absolute Gasteiger partial charge is 0.279 e. The second kappa shape index (κ2) is 6.22. The smallest absolute Gasteiger partial charge is 0.263 e. The van der Waals surface area contributed by atoms with Crippen LogP contribution in [0.4, 0.5) is 5.69 Å². The third-order valence-corrected chi connectivity index (χ3v) is 5.63. The lowest BCUT2D eigenvalue weighted by molar-refractivity contribution is 0.601. The Kier molecular flexibility index (Phi) is 4.28. The average molecular weight is 346 g/mol. The fourth-order valence-corrected chi connectivity index (χ4v) is 4.24. The highest BCUT2D eigenvalue weighted by Gasteiger charge is 2.18. The van der Waals surface area contributed by atoms with Gasteiger partial charge < -0.3 is 0 Å². The van der Waals surface area contributed by atoms with Crippen molar-refractivity contribution in [2.45, 2.75) is 18.2 Å². The molecule has 0 amide bonds. The number of fused-ring (bicyclic) bond motifs is 1. The van der Waals surface area contributed by atoms with Gasteiger partial charge in [0.15, 0.2) is 0 Å². The van der Waals surface area contributed by atoms with E-state index in [0.717, 1.165) is 17.2 Å². The SMILES string of the molecule is CCc1cccc2c(NS(=O)(=O)c3ccccc3Cl)cccc12. The van der Waals surface area contributed by atoms with Crippen molar-refractivity contribution in [1.29, 1.82) is 0 Å². The van der Waals surface area contributed by atoms with Gasteiger partial charge in [0, 0.05) is 5.39 Å². The van der Waals surface area contributed by atoms with Crippen LogP contribution in [0.3, 0.4) is 0 Å². The third-order valence-electron chi connectivity index (χ3n) is 3.76. The van der Waals surface area contributed by atoms with Crippen molar-refractivity contribution in [1.82, 2.24) is 0 Å². The standard InChI is InChI=1S/C18H16ClNO2S/c1-2-13-7-5-9-15-14(13)8-6-11-17(15)20-23(21,22)18-12-4-3-10-16(18)19/h3-12,20H,2H2,1H3. The van der Waals surface area contributed by atoms with Gasteiger partial charge >= 0.3 is 0 Å². The van der Waals surface area contributed by atoms with E-state index in [0.29, 0.717) is 5.69 Å². The maximum atomic E-state index is 12.6. The zero-order valence-electron chi connectivity index (χ0n) is 12.6. The number of nitrogens with one attached hydrogen (secondary N) is 1. The Bertz CT molecular complexity index is 968. The quantitative estimate of drug-likeness (QED) is 0.734. The average Bonchev–Trinajstić information content (AvgIpc) is 2.54. The molecule has 0 saturated carbocycles. The van der Waals surface area contributed by atoms with Gasteiger partial charge in [0.2, 0.25) is 0 Å². The lowest BCUT2D eigenvalue weighted by Crippen LogP contribution is -2.13. The van der Waals surface area contributed by atoms with Crippen molar-refractivity contribution in [3.05, 3.63) is 71.2 Å². The van der Waals surface area contributed by atoms with Crippen molar-refractivity contribution in [2.75, 3.05) is 4.72 Å². The van der Waals surface area contributed by atoms with Crippen LogP contribution in [0.2, 0.25) is 5.02 Å². The molecular formula is C18H16ClNO2S. The van der Waals surface area contributed by atoms with Gasteiger partial charge in [0.1, 0.15) is 4.90 Å². The molecule has 3 aromatic carbocycles. The minimum Gasteiger partial charge on any atom is -0.279 e. The van der Waals surface area contributed by atoms with E-state index < -0.39 is 10.0 Å². The van der Waals surface area contributed by atoms with Crippen molar-refractivity contribution < 1.29 is 8.42 Å². The molecule has 0 spiro atoms. The lowest BCUT2D eigenvalue weighted by Gasteiger charge is -2.13. The van der Waals surface area contributed by atoms with Crippen LogP contribution in [0.25, 0.3) is 10.8 Å². The summed E-state index contributed by atoms with van der Waals surface area (Å²) in [5, 5.41) is 2.13. The Hall–Kier alpha value is -2.04. The van der Waals surface area contributed by atoms with Crippen molar-refractivity contribution >= 4 is 38.1 Å². The molecule has 3 aromatic rings. The van der Waals surface area contributed by atoms with Gasteiger partial charge in [-0.2, -0.15) is 0 Å². The molecule has 0 bridgehead atoms. The minimum atomic E-state index is -3.74. The monoisotopic (exact) mass is 345 g/mol. The summed E-state index contributed by atoms with van der Waals surface area (Å²) in [6.45, 7) is 2.08. The van der Waals surface area contributed by atoms with Crippen LogP contribution in [0.1, 0.15) is 12.5 Å². The van der Waals surface area contributed by atoms with Gasteiger partial charge in [-0.1, -0.05) is 61.0 Å². The summed E-state index contributed by atoms with van der Waals surface area (Å²) in [5.74, 6) is 0. The van der Waals surface area contributed by atoms with Crippen molar-refractivity contribution in [3.8, 4) is 0 Å². The Morgan fingerprint density at radius 3 is 2.35 bits per heavy atom. The molecule has 0 atom stereocenters. The normalized spacial score (nSPS) is 11.6. The van der Waals surface area contributed by atoms with Gasteiger partial charge in [-0.25, -0.2) is 8.42 Å². The number of halogens is 1. The maximum Gasteiger partial charge on any atom is 0.263 e. The first-order chi connectivity index (χ1) is 11.0. The van der Waals surface area contributed by atoms with Gasteiger partial charge in [0.05, 0.1) is 10.7 Å². The first-order valence-electron chi connectivity index (χ1n) is 7.31. The highest BCUT2D eigenvalue weighted by Crippen LogP contribution is 2.29. The zero-order valence-corrected chi connectivity index (χ0v) is 14.2. The summed E-state index contributed by atoms with van der Waals surface area (Å²) in [6, 6.07) is 17.9. The van der Waals surface area contributed by atoms with E-state index in [-0.39, 0.29) is 9.92 Å². The second-order valence-corrected chi connectivity index (χ2v) is 7.27. The maximum absolute atomic E-state index is 12.6. The van der Waals surface area contributed by atoms with Crippen LogP contribution < -0.4 is 4.72 Å². The van der Waals surface area contributed by atoms with E-state index in [4.69, 9.17) is 11.6 Å². The number of anilines is 1. The Morgan fingerprint density at radius 2 is 1.61 bits per heavy atom. The highest BCUT2D eigenvalue weighted by atomic mass is 35.5. The molecule has 0 saturated heterocycles. The first-order valence-corrected chi connectivity index (χ1v) is 9.17.